The molecule has 0 aromatic heterocycles. The first-order valence-electron chi connectivity index (χ1n) is 7.16. The molecule has 1 aliphatic heterocycles. The lowest BCUT2D eigenvalue weighted by Crippen LogP contribution is -2.15. The molecule has 0 bridgehead atoms. The van der Waals surface area contributed by atoms with E-state index < -0.39 is 0 Å². The van der Waals surface area contributed by atoms with Crippen LogP contribution >= 0.6 is 27.5 Å². The monoisotopic (exact) mass is 364 g/mol. The fraction of sp³-hybridized carbons (Fsp3) is 0.294. The Kier molecular flexibility index (Phi) is 4.53. The Morgan fingerprint density at radius 2 is 2.10 bits per heavy atom. The molecule has 2 N–H and O–H groups in total. The number of nitrogens with one attached hydrogen (secondary N) is 2. The van der Waals surface area contributed by atoms with Gasteiger partial charge < -0.3 is 10.6 Å². The van der Waals surface area contributed by atoms with Crippen molar-refractivity contribution >= 4 is 33.2 Å². The molecule has 4 heteroatoms. The number of aryl methyl sites for hydroxylation is 1. The van der Waals surface area contributed by atoms with E-state index in [1.54, 1.807) is 0 Å². The van der Waals surface area contributed by atoms with E-state index in [-0.39, 0.29) is 0 Å². The zero-order valence-corrected chi connectivity index (χ0v) is 14.3. The maximum Gasteiger partial charge on any atom is 0.0529 e. The van der Waals surface area contributed by atoms with Crippen LogP contribution < -0.4 is 10.6 Å². The summed E-state index contributed by atoms with van der Waals surface area (Å²) in [6.45, 7) is 3.95. The average molecular weight is 366 g/mol. The van der Waals surface area contributed by atoms with Crippen molar-refractivity contribution in [2.24, 2.45) is 0 Å². The predicted octanol–water partition coefficient (Wildman–Crippen LogP) is 5.06. The normalized spacial score (nSPS) is 18.0. The van der Waals surface area contributed by atoms with E-state index in [1.807, 2.05) is 13.0 Å². The van der Waals surface area contributed by atoms with Crippen molar-refractivity contribution in [3.8, 4) is 0 Å². The van der Waals surface area contributed by atoms with Crippen molar-refractivity contribution in [2.45, 2.75) is 25.9 Å². The molecule has 1 aliphatic rings. The first-order chi connectivity index (χ1) is 10.1. The molecular weight excluding hydrogens is 348 g/mol. The number of benzene rings is 2. The summed E-state index contributed by atoms with van der Waals surface area (Å²) in [5.41, 5.74) is 4.86. The summed E-state index contributed by atoms with van der Waals surface area (Å²) in [6, 6.07) is 13.0. The first-order valence-corrected chi connectivity index (χ1v) is 8.33. The summed E-state index contributed by atoms with van der Waals surface area (Å²) in [5, 5.41) is 7.91. The highest BCUT2D eigenvalue weighted by Crippen LogP contribution is 2.34. The minimum absolute atomic E-state index is 0.297. The molecule has 0 spiro atoms. The largest absolute Gasteiger partial charge is 0.377 e. The Morgan fingerprint density at radius 3 is 2.95 bits per heavy atom. The molecule has 0 radical (unpaired) electrons. The fourth-order valence-electron chi connectivity index (χ4n) is 2.75. The van der Waals surface area contributed by atoms with Crippen LogP contribution in [0.5, 0.6) is 0 Å². The molecule has 21 heavy (non-hydrogen) atoms. The number of hydrogen-bond acceptors (Lipinski definition) is 2. The summed E-state index contributed by atoms with van der Waals surface area (Å²) in [5.74, 6) is 0. The zero-order valence-electron chi connectivity index (χ0n) is 11.9. The smallest absolute Gasteiger partial charge is 0.0529 e. The van der Waals surface area contributed by atoms with Crippen molar-refractivity contribution in [1.29, 1.82) is 0 Å². The van der Waals surface area contributed by atoms with Gasteiger partial charge in [0.05, 0.1) is 11.7 Å². The molecule has 0 fully saturated rings. The molecule has 0 amide bonds. The molecular formula is C17H18BrClN2. The second kappa shape index (κ2) is 6.39. The topological polar surface area (TPSA) is 24.1 Å². The maximum atomic E-state index is 6.26. The van der Waals surface area contributed by atoms with Crippen molar-refractivity contribution in [3.05, 3.63) is 62.6 Å². The number of rotatable bonds is 2. The SMILES string of the molecule is Cc1cc(Br)c(NC2CCNCc3ccccc32)cc1Cl. The molecule has 3 rings (SSSR count). The lowest BCUT2D eigenvalue weighted by molar-refractivity contribution is 0.637. The van der Waals surface area contributed by atoms with Crippen molar-refractivity contribution in [1.82, 2.24) is 5.32 Å². The van der Waals surface area contributed by atoms with Gasteiger partial charge in [0.15, 0.2) is 0 Å². The van der Waals surface area contributed by atoms with Gasteiger partial charge in [-0.1, -0.05) is 35.9 Å². The lowest BCUT2D eigenvalue weighted by atomic mass is 9.99. The van der Waals surface area contributed by atoms with Crippen molar-refractivity contribution in [2.75, 3.05) is 11.9 Å². The Hall–Kier alpha value is -1.03. The number of hydrogen-bond donors (Lipinski definition) is 2. The molecule has 1 unspecified atom stereocenters. The Morgan fingerprint density at radius 1 is 1.29 bits per heavy atom. The Labute approximate surface area is 139 Å². The van der Waals surface area contributed by atoms with Crippen LogP contribution in [-0.2, 0) is 6.54 Å². The van der Waals surface area contributed by atoms with Gasteiger partial charge in [-0.15, -0.1) is 0 Å². The third kappa shape index (κ3) is 3.25. The molecule has 2 nitrogen and oxygen atoms in total. The summed E-state index contributed by atoms with van der Waals surface area (Å²) in [6.07, 6.45) is 1.05. The van der Waals surface area contributed by atoms with Gasteiger partial charge in [-0.2, -0.15) is 0 Å². The molecule has 1 atom stereocenters. The zero-order chi connectivity index (χ0) is 14.8. The van der Waals surface area contributed by atoms with E-state index in [2.05, 4.69) is 56.9 Å². The van der Waals surface area contributed by atoms with E-state index in [9.17, 15) is 0 Å². The predicted molar refractivity (Wildman–Crippen MR) is 93.0 cm³/mol. The van der Waals surface area contributed by atoms with Crippen LogP contribution in [0.4, 0.5) is 5.69 Å². The van der Waals surface area contributed by atoms with Gasteiger partial charge in [0.25, 0.3) is 0 Å². The standard InChI is InChI=1S/C17H18BrClN2/c1-11-8-14(18)17(9-15(11)19)21-16-6-7-20-10-12-4-2-3-5-13(12)16/h2-5,8-9,16,20-21H,6-7,10H2,1H3. The van der Waals surface area contributed by atoms with E-state index in [4.69, 9.17) is 11.6 Å². The van der Waals surface area contributed by atoms with Crippen LogP contribution in [0, 0.1) is 6.92 Å². The molecule has 1 heterocycles. The Balaban J connectivity index is 1.93. The van der Waals surface area contributed by atoms with Crippen LogP contribution in [-0.4, -0.2) is 6.54 Å². The van der Waals surface area contributed by atoms with Crippen LogP contribution in [0.15, 0.2) is 40.9 Å². The van der Waals surface area contributed by atoms with E-state index in [0.717, 1.165) is 40.3 Å². The second-order valence-corrected chi connectivity index (χ2v) is 6.70. The van der Waals surface area contributed by atoms with Crippen LogP contribution in [0.3, 0.4) is 0 Å². The molecule has 2 aromatic carbocycles. The molecule has 0 saturated carbocycles. The van der Waals surface area contributed by atoms with Crippen molar-refractivity contribution < 1.29 is 0 Å². The van der Waals surface area contributed by atoms with Gasteiger partial charge in [0.2, 0.25) is 0 Å². The minimum Gasteiger partial charge on any atom is -0.377 e. The lowest BCUT2D eigenvalue weighted by Gasteiger charge is -2.21. The van der Waals surface area contributed by atoms with E-state index in [1.165, 1.54) is 11.1 Å². The van der Waals surface area contributed by atoms with Crippen LogP contribution in [0.2, 0.25) is 5.02 Å². The molecule has 0 saturated heterocycles. The maximum absolute atomic E-state index is 6.26. The molecule has 2 aromatic rings. The summed E-state index contributed by atoms with van der Waals surface area (Å²) < 4.78 is 1.05. The third-order valence-corrected chi connectivity index (χ3v) is 5.00. The van der Waals surface area contributed by atoms with Gasteiger partial charge >= 0.3 is 0 Å². The summed E-state index contributed by atoms with van der Waals surface area (Å²) >= 11 is 9.89. The summed E-state index contributed by atoms with van der Waals surface area (Å²) in [4.78, 5) is 0. The van der Waals surface area contributed by atoms with Gasteiger partial charge in [0.1, 0.15) is 0 Å². The van der Waals surface area contributed by atoms with Gasteiger partial charge in [0, 0.05) is 16.0 Å². The highest BCUT2D eigenvalue weighted by atomic mass is 79.9. The number of anilines is 1. The van der Waals surface area contributed by atoms with Gasteiger partial charge in [-0.25, -0.2) is 0 Å². The van der Waals surface area contributed by atoms with E-state index >= 15 is 0 Å². The van der Waals surface area contributed by atoms with Crippen LogP contribution in [0.1, 0.15) is 29.2 Å². The van der Waals surface area contributed by atoms with Gasteiger partial charge in [-0.3, -0.25) is 0 Å². The summed E-state index contributed by atoms with van der Waals surface area (Å²) in [7, 11) is 0. The number of halogens is 2. The highest BCUT2D eigenvalue weighted by molar-refractivity contribution is 9.10. The average Bonchev–Trinajstić information content (AvgIpc) is 2.67. The first kappa shape index (κ1) is 14.9. The Bertz CT molecular complexity index is 657. The molecule has 0 aliphatic carbocycles. The minimum atomic E-state index is 0.297. The van der Waals surface area contributed by atoms with E-state index in [0.29, 0.717) is 6.04 Å². The molecule has 110 valence electrons. The highest BCUT2D eigenvalue weighted by Gasteiger charge is 2.19. The fourth-order valence-corrected chi connectivity index (χ4v) is 3.49. The third-order valence-electron chi connectivity index (χ3n) is 3.93. The van der Waals surface area contributed by atoms with Crippen molar-refractivity contribution in [3.63, 3.8) is 0 Å². The van der Waals surface area contributed by atoms with Gasteiger partial charge in [-0.05, 0) is 64.6 Å². The quantitative estimate of drug-likeness (QED) is 0.777. The second-order valence-electron chi connectivity index (χ2n) is 5.44. The number of fused-ring (bicyclic) bond motifs is 1. The van der Waals surface area contributed by atoms with Crippen LogP contribution in [0.25, 0.3) is 0 Å².